The summed E-state index contributed by atoms with van der Waals surface area (Å²) in [6.07, 6.45) is 1.52. The zero-order chi connectivity index (χ0) is 24.0. The summed E-state index contributed by atoms with van der Waals surface area (Å²) in [5.41, 5.74) is 2.00. The summed E-state index contributed by atoms with van der Waals surface area (Å²) in [6, 6.07) is 11.8. The van der Waals surface area contributed by atoms with Gasteiger partial charge in [-0.05, 0) is 68.4 Å². The lowest BCUT2D eigenvalue weighted by Gasteiger charge is -2.12. The lowest BCUT2D eigenvalue weighted by Crippen LogP contribution is -2.34. The SMILES string of the molecule is CCOC(=O)CN1C(=O)S/C(=C\c2ccc(OC(=O)c3ccc(C)cc3)c(OCC)c2)C1=O. The highest BCUT2D eigenvalue weighted by Crippen LogP contribution is 2.35. The van der Waals surface area contributed by atoms with E-state index in [4.69, 9.17) is 14.2 Å². The number of thioether (sulfide) groups is 1. The minimum absolute atomic E-state index is 0.159. The Morgan fingerprint density at radius 2 is 1.73 bits per heavy atom. The van der Waals surface area contributed by atoms with Gasteiger partial charge in [-0.3, -0.25) is 19.3 Å². The zero-order valence-electron chi connectivity index (χ0n) is 18.5. The zero-order valence-corrected chi connectivity index (χ0v) is 19.3. The van der Waals surface area contributed by atoms with Crippen molar-refractivity contribution in [3.8, 4) is 11.5 Å². The molecule has 1 aliphatic heterocycles. The predicted molar refractivity (Wildman–Crippen MR) is 123 cm³/mol. The number of carbonyl (C=O) groups excluding carboxylic acids is 4. The maximum atomic E-state index is 12.6. The number of esters is 2. The summed E-state index contributed by atoms with van der Waals surface area (Å²) in [6.45, 7) is 5.41. The van der Waals surface area contributed by atoms with Gasteiger partial charge in [-0.1, -0.05) is 23.8 Å². The molecule has 1 saturated heterocycles. The minimum atomic E-state index is -0.653. The smallest absolute Gasteiger partial charge is 0.343 e. The van der Waals surface area contributed by atoms with Gasteiger partial charge in [0.1, 0.15) is 6.54 Å². The standard InChI is InChI=1S/C24H23NO7S/c1-4-30-19-12-16(8-11-18(19)32-23(28)17-9-6-15(3)7-10-17)13-20-22(27)25(24(29)33-20)14-21(26)31-5-2/h6-13H,4-5,14H2,1-3H3/b20-13-. The van der Waals surface area contributed by atoms with E-state index in [1.807, 2.05) is 19.1 Å². The highest BCUT2D eigenvalue weighted by Gasteiger charge is 2.36. The van der Waals surface area contributed by atoms with Crippen LogP contribution in [-0.2, 0) is 14.3 Å². The molecule has 172 valence electrons. The monoisotopic (exact) mass is 469 g/mol. The molecular weight excluding hydrogens is 446 g/mol. The molecule has 8 nitrogen and oxygen atoms in total. The molecule has 0 saturated carbocycles. The molecule has 9 heteroatoms. The lowest BCUT2D eigenvalue weighted by atomic mass is 10.1. The molecule has 0 radical (unpaired) electrons. The summed E-state index contributed by atoms with van der Waals surface area (Å²) in [5, 5.41) is -0.548. The number of rotatable bonds is 8. The number of imide groups is 1. The Hall–Kier alpha value is -3.59. The van der Waals surface area contributed by atoms with Crippen LogP contribution >= 0.6 is 11.8 Å². The van der Waals surface area contributed by atoms with E-state index in [0.29, 0.717) is 23.5 Å². The van der Waals surface area contributed by atoms with E-state index in [0.717, 1.165) is 22.2 Å². The van der Waals surface area contributed by atoms with E-state index in [9.17, 15) is 19.2 Å². The van der Waals surface area contributed by atoms with E-state index < -0.39 is 29.6 Å². The van der Waals surface area contributed by atoms with Crippen LogP contribution in [0.2, 0.25) is 0 Å². The molecule has 33 heavy (non-hydrogen) atoms. The first kappa shape index (κ1) is 24.1. The van der Waals surface area contributed by atoms with Gasteiger partial charge in [0.05, 0.1) is 23.7 Å². The van der Waals surface area contributed by atoms with Crippen LogP contribution in [0.4, 0.5) is 4.79 Å². The predicted octanol–water partition coefficient (Wildman–Crippen LogP) is 4.21. The third-order valence-electron chi connectivity index (χ3n) is 4.52. The van der Waals surface area contributed by atoms with Crippen LogP contribution in [0.25, 0.3) is 6.08 Å². The molecule has 0 spiro atoms. The van der Waals surface area contributed by atoms with Gasteiger partial charge in [0.2, 0.25) is 0 Å². The molecule has 0 bridgehead atoms. The molecule has 2 aromatic rings. The second-order valence-corrected chi connectivity index (χ2v) is 7.96. The highest BCUT2D eigenvalue weighted by atomic mass is 32.2. The Kier molecular flexibility index (Phi) is 7.89. The first-order valence-electron chi connectivity index (χ1n) is 10.3. The van der Waals surface area contributed by atoms with Crippen molar-refractivity contribution >= 4 is 40.9 Å². The first-order valence-corrected chi connectivity index (χ1v) is 11.1. The van der Waals surface area contributed by atoms with Crippen molar-refractivity contribution in [3.63, 3.8) is 0 Å². The normalized spacial score (nSPS) is 14.5. The van der Waals surface area contributed by atoms with Gasteiger partial charge in [-0.25, -0.2) is 4.79 Å². The van der Waals surface area contributed by atoms with Crippen molar-refractivity contribution in [2.75, 3.05) is 19.8 Å². The third kappa shape index (κ3) is 6.01. The van der Waals surface area contributed by atoms with Crippen LogP contribution in [-0.4, -0.2) is 47.7 Å². The molecule has 0 aromatic heterocycles. The van der Waals surface area contributed by atoms with Crippen LogP contribution in [0.15, 0.2) is 47.4 Å². The number of amides is 2. The van der Waals surface area contributed by atoms with Crippen molar-refractivity contribution in [1.82, 2.24) is 4.90 Å². The topological polar surface area (TPSA) is 99.2 Å². The summed E-state index contributed by atoms with van der Waals surface area (Å²) >= 11 is 0.734. The molecule has 2 amide bonds. The van der Waals surface area contributed by atoms with Gasteiger partial charge in [0.25, 0.3) is 11.1 Å². The number of hydrogen-bond donors (Lipinski definition) is 0. The van der Waals surface area contributed by atoms with Crippen molar-refractivity contribution in [2.24, 2.45) is 0 Å². The number of nitrogens with zero attached hydrogens (tertiary/aromatic N) is 1. The number of ether oxygens (including phenoxy) is 3. The van der Waals surface area contributed by atoms with E-state index in [2.05, 4.69) is 0 Å². The Labute approximate surface area is 195 Å². The first-order chi connectivity index (χ1) is 15.8. The number of benzene rings is 2. The average molecular weight is 470 g/mol. The van der Waals surface area contributed by atoms with Gasteiger partial charge >= 0.3 is 11.9 Å². The summed E-state index contributed by atoms with van der Waals surface area (Å²) < 4.78 is 15.9. The van der Waals surface area contributed by atoms with Gasteiger partial charge < -0.3 is 14.2 Å². The molecule has 2 aromatic carbocycles. The van der Waals surface area contributed by atoms with E-state index in [-0.39, 0.29) is 17.3 Å². The maximum Gasteiger partial charge on any atom is 0.343 e. The minimum Gasteiger partial charge on any atom is -0.490 e. The second-order valence-electron chi connectivity index (χ2n) is 6.97. The molecule has 0 N–H and O–H groups in total. The molecular formula is C24H23NO7S. The largest absolute Gasteiger partial charge is 0.490 e. The Balaban J connectivity index is 1.79. The third-order valence-corrected chi connectivity index (χ3v) is 5.43. The summed E-state index contributed by atoms with van der Waals surface area (Å²) in [7, 11) is 0. The van der Waals surface area contributed by atoms with Crippen LogP contribution < -0.4 is 9.47 Å². The van der Waals surface area contributed by atoms with Crippen LogP contribution in [0.1, 0.15) is 35.3 Å². The van der Waals surface area contributed by atoms with E-state index in [1.54, 1.807) is 44.2 Å². The van der Waals surface area contributed by atoms with Crippen molar-refractivity contribution in [2.45, 2.75) is 20.8 Å². The molecule has 3 rings (SSSR count). The van der Waals surface area contributed by atoms with E-state index in [1.165, 1.54) is 6.08 Å². The fourth-order valence-electron chi connectivity index (χ4n) is 2.94. The maximum absolute atomic E-state index is 12.6. The van der Waals surface area contributed by atoms with Crippen LogP contribution in [0.5, 0.6) is 11.5 Å². The molecule has 0 aliphatic carbocycles. The van der Waals surface area contributed by atoms with Gasteiger partial charge in [-0.15, -0.1) is 0 Å². The summed E-state index contributed by atoms with van der Waals surface area (Å²) in [4.78, 5) is 49.9. The molecule has 1 heterocycles. The van der Waals surface area contributed by atoms with E-state index >= 15 is 0 Å². The molecule has 0 atom stereocenters. The number of carbonyl (C=O) groups is 4. The number of aryl methyl sites for hydroxylation is 1. The number of hydrogen-bond acceptors (Lipinski definition) is 8. The Morgan fingerprint density at radius 1 is 1.00 bits per heavy atom. The quantitative estimate of drug-likeness (QED) is 0.322. The van der Waals surface area contributed by atoms with Gasteiger partial charge in [-0.2, -0.15) is 0 Å². The van der Waals surface area contributed by atoms with Crippen LogP contribution in [0.3, 0.4) is 0 Å². The van der Waals surface area contributed by atoms with Crippen molar-refractivity contribution in [1.29, 1.82) is 0 Å². The fraction of sp³-hybridized carbons (Fsp3) is 0.250. The Bertz CT molecular complexity index is 1110. The lowest BCUT2D eigenvalue weighted by molar-refractivity contribution is -0.145. The molecule has 0 unspecified atom stereocenters. The highest BCUT2D eigenvalue weighted by molar-refractivity contribution is 8.18. The second kappa shape index (κ2) is 10.8. The van der Waals surface area contributed by atoms with Crippen molar-refractivity contribution < 1.29 is 33.4 Å². The Morgan fingerprint density at radius 3 is 2.39 bits per heavy atom. The van der Waals surface area contributed by atoms with Gasteiger partial charge in [0.15, 0.2) is 11.5 Å². The van der Waals surface area contributed by atoms with Gasteiger partial charge in [0, 0.05) is 0 Å². The summed E-state index contributed by atoms with van der Waals surface area (Å²) in [5.74, 6) is -1.21. The van der Waals surface area contributed by atoms with Crippen LogP contribution in [0, 0.1) is 6.92 Å². The van der Waals surface area contributed by atoms with Crippen molar-refractivity contribution in [3.05, 3.63) is 64.1 Å². The molecule has 1 aliphatic rings. The average Bonchev–Trinajstić information content (AvgIpc) is 3.03. The fourth-order valence-corrected chi connectivity index (χ4v) is 3.78. The molecule has 1 fully saturated rings.